The molecule has 0 radical (unpaired) electrons. The quantitative estimate of drug-likeness (QED) is 0.631. The number of aromatic nitrogens is 2. The van der Waals surface area contributed by atoms with E-state index < -0.39 is 0 Å². The zero-order valence-electron chi connectivity index (χ0n) is 16.5. The van der Waals surface area contributed by atoms with Gasteiger partial charge in [-0.3, -0.25) is 0 Å². The van der Waals surface area contributed by atoms with Crippen molar-refractivity contribution in [3.8, 4) is 5.69 Å². The fourth-order valence-electron chi connectivity index (χ4n) is 3.07. The predicted molar refractivity (Wildman–Crippen MR) is 109 cm³/mol. The molecule has 2 heterocycles. The molecule has 1 saturated heterocycles. The molecular weight excluding hydrogens is 356 g/mol. The van der Waals surface area contributed by atoms with Crippen molar-refractivity contribution in [3.63, 3.8) is 0 Å². The van der Waals surface area contributed by atoms with Crippen molar-refractivity contribution < 1.29 is 9.53 Å². The van der Waals surface area contributed by atoms with Gasteiger partial charge >= 0.3 is 6.09 Å². The SMILES string of the molecule is CCNC(=NCc1cnn(-c2ccccc2)c1)N1CCN(C(=O)OCC)CC1. The third-order valence-corrected chi connectivity index (χ3v) is 4.51. The lowest BCUT2D eigenvalue weighted by molar-refractivity contribution is 0.0914. The van der Waals surface area contributed by atoms with Gasteiger partial charge in [0, 0.05) is 44.5 Å². The van der Waals surface area contributed by atoms with Crippen LogP contribution in [-0.4, -0.2) is 71.0 Å². The highest BCUT2D eigenvalue weighted by Gasteiger charge is 2.23. The number of carbonyl (C=O) groups is 1. The molecular formula is C20H28N6O2. The van der Waals surface area contributed by atoms with E-state index in [-0.39, 0.29) is 6.09 Å². The van der Waals surface area contributed by atoms with Crippen LogP contribution in [0.2, 0.25) is 0 Å². The third-order valence-electron chi connectivity index (χ3n) is 4.51. The number of nitrogens with zero attached hydrogens (tertiary/aromatic N) is 5. The van der Waals surface area contributed by atoms with Crippen LogP contribution in [0.5, 0.6) is 0 Å². The average Bonchev–Trinajstić information content (AvgIpc) is 3.21. The highest BCUT2D eigenvalue weighted by atomic mass is 16.6. The number of aliphatic imine (C=N–C) groups is 1. The number of rotatable bonds is 5. The highest BCUT2D eigenvalue weighted by molar-refractivity contribution is 5.80. The summed E-state index contributed by atoms with van der Waals surface area (Å²) >= 11 is 0. The molecule has 0 spiro atoms. The number of nitrogens with one attached hydrogen (secondary N) is 1. The first-order chi connectivity index (χ1) is 13.7. The summed E-state index contributed by atoms with van der Waals surface area (Å²) in [5, 5.41) is 7.77. The van der Waals surface area contributed by atoms with Crippen LogP contribution in [0, 0.1) is 0 Å². The van der Waals surface area contributed by atoms with Crippen molar-refractivity contribution in [2.75, 3.05) is 39.3 Å². The number of carbonyl (C=O) groups excluding carboxylic acids is 1. The van der Waals surface area contributed by atoms with Gasteiger partial charge in [-0.2, -0.15) is 5.10 Å². The molecule has 1 amide bonds. The molecule has 28 heavy (non-hydrogen) atoms. The molecule has 150 valence electrons. The summed E-state index contributed by atoms with van der Waals surface area (Å²) in [7, 11) is 0. The predicted octanol–water partition coefficient (Wildman–Crippen LogP) is 2.11. The van der Waals surface area contributed by atoms with Crippen LogP contribution in [0.4, 0.5) is 4.79 Å². The minimum atomic E-state index is -0.239. The second-order valence-corrected chi connectivity index (χ2v) is 6.47. The number of hydrogen-bond donors (Lipinski definition) is 1. The number of hydrogen-bond acceptors (Lipinski definition) is 4. The third kappa shape index (κ3) is 5.03. The Morgan fingerprint density at radius 3 is 2.54 bits per heavy atom. The molecule has 0 unspecified atom stereocenters. The Morgan fingerprint density at radius 2 is 1.86 bits per heavy atom. The zero-order chi connectivity index (χ0) is 19.8. The van der Waals surface area contributed by atoms with Gasteiger partial charge in [-0.1, -0.05) is 18.2 Å². The number of ether oxygens (including phenoxy) is 1. The number of amides is 1. The smallest absolute Gasteiger partial charge is 0.409 e. The standard InChI is InChI=1S/C20H28N6O2/c1-3-21-19(24-10-12-25(13-11-24)20(27)28-4-2)22-14-17-15-23-26(16-17)18-8-6-5-7-9-18/h5-9,15-16H,3-4,10-14H2,1-2H3,(H,21,22). The van der Waals surface area contributed by atoms with Gasteiger partial charge in [0.1, 0.15) is 0 Å². The van der Waals surface area contributed by atoms with Gasteiger partial charge in [0.25, 0.3) is 0 Å². The Morgan fingerprint density at radius 1 is 1.14 bits per heavy atom. The molecule has 1 aliphatic heterocycles. The summed E-state index contributed by atoms with van der Waals surface area (Å²) in [4.78, 5) is 20.5. The Hall–Kier alpha value is -3.03. The van der Waals surface area contributed by atoms with Crippen LogP contribution in [0.3, 0.4) is 0 Å². The van der Waals surface area contributed by atoms with E-state index in [1.165, 1.54) is 0 Å². The van der Waals surface area contributed by atoms with Crippen molar-refractivity contribution in [3.05, 3.63) is 48.3 Å². The fourth-order valence-corrected chi connectivity index (χ4v) is 3.07. The van der Waals surface area contributed by atoms with Crippen molar-refractivity contribution in [2.45, 2.75) is 20.4 Å². The monoisotopic (exact) mass is 384 g/mol. The first kappa shape index (κ1) is 19.7. The van der Waals surface area contributed by atoms with E-state index in [2.05, 4.69) is 22.2 Å². The Bertz CT molecular complexity index is 781. The largest absolute Gasteiger partial charge is 0.450 e. The summed E-state index contributed by atoms with van der Waals surface area (Å²) < 4.78 is 6.94. The molecule has 1 aromatic carbocycles. The number of piperazine rings is 1. The van der Waals surface area contributed by atoms with Crippen LogP contribution in [0.15, 0.2) is 47.7 Å². The van der Waals surface area contributed by atoms with E-state index in [0.29, 0.717) is 26.2 Å². The molecule has 0 bridgehead atoms. The van der Waals surface area contributed by atoms with Gasteiger partial charge in [0.15, 0.2) is 5.96 Å². The van der Waals surface area contributed by atoms with Crippen LogP contribution in [0.25, 0.3) is 5.69 Å². The molecule has 1 fully saturated rings. The first-order valence-electron chi connectivity index (χ1n) is 9.75. The van der Waals surface area contributed by atoms with Gasteiger partial charge in [-0.25, -0.2) is 14.5 Å². The molecule has 1 aromatic heterocycles. The van der Waals surface area contributed by atoms with E-state index in [9.17, 15) is 4.79 Å². The Balaban J connectivity index is 1.61. The molecule has 8 nitrogen and oxygen atoms in total. The lowest BCUT2D eigenvalue weighted by Crippen LogP contribution is -2.53. The minimum absolute atomic E-state index is 0.239. The van der Waals surface area contributed by atoms with Crippen molar-refractivity contribution in [1.82, 2.24) is 24.9 Å². The van der Waals surface area contributed by atoms with E-state index >= 15 is 0 Å². The molecule has 0 aliphatic carbocycles. The second kappa shape index (κ2) is 9.77. The highest BCUT2D eigenvalue weighted by Crippen LogP contribution is 2.09. The van der Waals surface area contributed by atoms with E-state index in [1.807, 2.05) is 54.3 Å². The fraction of sp³-hybridized carbons (Fsp3) is 0.450. The second-order valence-electron chi connectivity index (χ2n) is 6.47. The lowest BCUT2D eigenvalue weighted by atomic mass is 10.3. The topological polar surface area (TPSA) is 75.0 Å². The van der Waals surface area contributed by atoms with Crippen LogP contribution in [-0.2, 0) is 11.3 Å². The number of guanidine groups is 1. The molecule has 1 N–H and O–H groups in total. The van der Waals surface area contributed by atoms with Gasteiger partial charge < -0.3 is 19.9 Å². The molecule has 2 aromatic rings. The Kier molecular flexibility index (Phi) is 6.89. The summed E-state index contributed by atoms with van der Waals surface area (Å²) in [6.07, 6.45) is 3.61. The summed E-state index contributed by atoms with van der Waals surface area (Å²) in [5.74, 6) is 0.860. The van der Waals surface area contributed by atoms with E-state index in [1.54, 1.807) is 4.90 Å². The van der Waals surface area contributed by atoms with Gasteiger partial charge in [0.05, 0.1) is 25.0 Å². The molecule has 0 saturated carbocycles. The minimum Gasteiger partial charge on any atom is -0.450 e. The molecule has 8 heteroatoms. The molecule has 0 atom stereocenters. The molecule has 3 rings (SSSR count). The maximum atomic E-state index is 11.9. The summed E-state index contributed by atoms with van der Waals surface area (Å²) in [5.41, 5.74) is 2.07. The van der Waals surface area contributed by atoms with Crippen molar-refractivity contribution in [1.29, 1.82) is 0 Å². The molecule has 1 aliphatic rings. The van der Waals surface area contributed by atoms with Gasteiger partial charge in [-0.05, 0) is 26.0 Å². The van der Waals surface area contributed by atoms with Crippen molar-refractivity contribution >= 4 is 12.1 Å². The van der Waals surface area contributed by atoms with Crippen LogP contribution >= 0.6 is 0 Å². The van der Waals surface area contributed by atoms with Crippen molar-refractivity contribution in [2.24, 2.45) is 4.99 Å². The van der Waals surface area contributed by atoms with Gasteiger partial charge in [-0.15, -0.1) is 0 Å². The normalized spacial score (nSPS) is 14.9. The van der Waals surface area contributed by atoms with Crippen LogP contribution < -0.4 is 5.32 Å². The Labute approximate surface area is 165 Å². The van der Waals surface area contributed by atoms with E-state index in [4.69, 9.17) is 9.73 Å². The number of benzene rings is 1. The summed E-state index contributed by atoms with van der Waals surface area (Å²) in [6, 6.07) is 10.0. The number of para-hydroxylation sites is 1. The average molecular weight is 384 g/mol. The summed E-state index contributed by atoms with van der Waals surface area (Å²) in [6.45, 7) is 8.35. The van der Waals surface area contributed by atoms with Crippen LogP contribution in [0.1, 0.15) is 19.4 Å². The van der Waals surface area contributed by atoms with Gasteiger partial charge in [0.2, 0.25) is 0 Å². The lowest BCUT2D eigenvalue weighted by Gasteiger charge is -2.35. The zero-order valence-corrected chi connectivity index (χ0v) is 16.5. The maximum absolute atomic E-state index is 11.9. The van der Waals surface area contributed by atoms with E-state index in [0.717, 1.165) is 36.8 Å². The maximum Gasteiger partial charge on any atom is 0.409 e. The first-order valence-corrected chi connectivity index (χ1v) is 9.75.